The molecule has 3 amide bonds. The number of aryl methyl sites for hydroxylation is 1. The van der Waals surface area contributed by atoms with E-state index in [0.29, 0.717) is 37.3 Å². The molecule has 0 aromatic heterocycles. The second-order valence-electron chi connectivity index (χ2n) is 7.92. The van der Waals surface area contributed by atoms with Gasteiger partial charge in [0.1, 0.15) is 0 Å². The molecule has 1 aromatic rings. The van der Waals surface area contributed by atoms with Crippen LogP contribution in [-0.4, -0.2) is 36.5 Å². The number of nitrogens with zero attached hydrogens (tertiary/aromatic N) is 1. The van der Waals surface area contributed by atoms with Crippen LogP contribution in [0.5, 0.6) is 0 Å². The summed E-state index contributed by atoms with van der Waals surface area (Å²) in [5.74, 6) is 0.242. The number of piperidine rings is 1. The van der Waals surface area contributed by atoms with Gasteiger partial charge in [0, 0.05) is 31.0 Å². The Bertz CT molecular complexity index is 681. The molecule has 2 fully saturated rings. The minimum absolute atomic E-state index is 0.00839. The topological polar surface area (TPSA) is 75.4 Å². The Hall–Kier alpha value is -2.04. The molecule has 1 heterocycles. The Kier molecular flexibility index (Phi) is 4.18. The summed E-state index contributed by atoms with van der Waals surface area (Å²) in [7, 11) is 0. The molecule has 2 aliphatic carbocycles. The van der Waals surface area contributed by atoms with Crippen molar-refractivity contribution >= 4 is 11.9 Å². The number of hydrogen-bond donors (Lipinski definition) is 2. The number of benzene rings is 1. The minimum Gasteiger partial charge on any atom is -0.369 e. The number of rotatable bonds is 3. The monoisotopic (exact) mass is 341 g/mol. The molecule has 0 radical (unpaired) electrons. The van der Waals surface area contributed by atoms with E-state index in [9.17, 15) is 9.59 Å². The van der Waals surface area contributed by atoms with E-state index in [-0.39, 0.29) is 17.9 Å². The molecule has 4 rings (SSSR count). The zero-order valence-corrected chi connectivity index (χ0v) is 14.7. The number of carbonyl (C=O) groups excluding carboxylic acids is 2. The van der Waals surface area contributed by atoms with Crippen LogP contribution in [0.15, 0.2) is 24.3 Å². The Balaban J connectivity index is 1.31. The summed E-state index contributed by atoms with van der Waals surface area (Å²) in [6.45, 7) is 2.00. The van der Waals surface area contributed by atoms with E-state index in [4.69, 9.17) is 5.73 Å². The number of amides is 3. The van der Waals surface area contributed by atoms with Gasteiger partial charge in [-0.15, -0.1) is 0 Å². The van der Waals surface area contributed by atoms with Crippen LogP contribution in [0.1, 0.15) is 43.2 Å². The number of hydrogen-bond acceptors (Lipinski definition) is 2. The highest BCUT2D eigenvalue weighted by Crippen LogP contribution is 2.59. The van der Waals surface area contributed by atoms with Crippen molar-refractivity contribution in [3.63, 3.8) is 0 Å². The van der Waals surface area contributed by atoms with E-state index in [1.165, 1.54) is 36.8 Å². The SMILES string of the molecule is NC(=O)C1CCN(C(=O)NC[C@@H]2C[C@@]23CCCc2ccccc23)CC1. The molecule has 3 aliphatic rings. The zero-order chi connectivity index (χ0) is 17.4. The Morgan fingerprint density at radius 2 is 2.00 bits per heavy atom. The molecular formula is C20H27N3O2. The standard InChI is InChI=1S/C20H27N3O2/c21-18(24)15-7-10-23(11-8-15)19(25)22-13-16-12-20(16)9-3-5-14-4-1-2-6-17(14)20/h1-2,4,6,15-16H,3,5,7-13H2,(H2,21,24)(H,22,25)/t16-,20-/m0/s1. The fourth-order valence-corrected chi connectivity index (χ4v) is 4.93. The lowest BCUT2D eigenvalue weighted by Crippen LogP contribution is -2.47. The van der Waals surface area contributed by atoms with E-state index in [0.717, 1.165) is 6.54 Å². The van der Waals surface area contributed by atoms with Gasteiger partial charge < -0.3 is 16.0 Å². The van der Waals surface area contributed by atoms with Crippen LogP contribution in [0.4, 0.5) is 4.79 Å². The van der Waals surface area contributed by atoms with Crippen molar-refractivity contribution in [2.24, 2.45) is 17.6 Å². The predicted molar refractivity (Wildman–Crippen MR) is 96.1 cm³/mol. The van der Waals surface area contributed by atoms with Crippen molar-refractivity contribution in [1.82, 2.24) is 10.2 Å². The van der Waals surface area contributed by atoms with Gasteiger partial charge in [0.25, 0.3) is 0 Å². The first-order valence-corrected chi connectivity index (χ1v) is 9.50. The van der Waals surface area contributed by atoms with E-state index in [1.807, 2.05) is 4.90 Å². The molecule has 0 unspecified atom stereocenters. The van der Waals surface area contributed by atoms with Gasteiger partial charge in [-0.05, 0) is 55.6 Å². The number of fused-ring (bicyclic) bond motifs is 2. The first kappa shape index (κ1) is 16.4. The van der Waals surface area contributed by atoms with Crippen LogP contribution < -0.4 is 11.1 Å². The fraction of sp³-hybridized carbons (Fsp3) is 0.600. The summed E-state index contributed by atoms with van der Waals surface area (Å²) in [6, 6.07) is 8.82. The molecule has 134 valence electrons. The third kappa shape index (κ3) is 3.00. The van der Waals surface area contributed by atoms with E-state index in [2.05, 4.69) is 29.6 Å². The molecule has 1 saturated carbocycles. The van der Waals surface area contributed by atoms with Gasteiger partial charge in [-0.2, -0.15) is 0 Å². The molecule has 1 aromatic carbocycles. The maximum atomic E-state index is 12.4. The molecule has 5 heteroatoms. The molecule has 3 N–H and O–H groups in total. The zero-order valence-electron chi connectivity index (χ0n) is 14.7. The molecule has 1 aliphatic heterocycles. The highest BCUT2D eigenvalue weighted by molar-refractivity contribution is 5.78. The third-order valence-corrected chi connectivity index (χ3v) is 6.54. The summed E-state index contributed by atoms with van der Waals surface area (Å²) in [5.41, 5.74) is 8.67. The predicted octanol–water partition coefficient (Wildman–Crippen LogP) is 2.19. The highest BCUT2D eigenvalue weighted by Gasteiger charge is 2.56. The number of carbonyl (C=O) groups is 2. The van der Waals surface area contributed by atoms with Crippen molar-refractivity contribution < 1.29 is 9.59 Å². The van der Waals surface area contributed by atoms with Crippen molar-refractivity contribution in [2.45, 2.75) is 43.9 Å². The molecule has 25 heavy (non-hydrogen) atoms. The summed E-state index contributed by atoms with van der Waals surface area (Å²) < 4.78 is 0. The van der Waals surface area contributed by atoms with Gasteiger partial charge in [-0.1, -0.05) is 24.3 Å². The summed E-state index contributed by atoms with van der Waals surface area (Å²) in [5, 5.41) is 3.13. The fourth-order valence-electron chi connectivity index (χ4n) is 4.93. The van der Waals surface area contributed by atoms with Gasteiger partial charge in [0.2, 0.25) is 5.91 Å². The number of nitrogens with one attached hydrogen (secondary N) is 1. The summed E-state index contributed by atoms with van der Waals surface area (Å²) >= 11 is 0. The van der Waals surface area contributed by atoms with Crippen LogP contribution in [0.2, 0.25) is 0 Å². The summed E-state index contributed by atoms with van der Waals surface area (Å²) in [4.78, 5) is 25.5. The Morgan fingerprint density at radius 3 is 2.76 bits per heavy atom. The normalized spacial score (nSPS) is 28.5. The van der Waals surface area contributed by atoms with Crippen LogP contribution >= 0.6 is 0 Å². The van der Waals surface area contributed by atoms with Crippen LogP contribution in [0.25, 0.3) is 0 Å². The van der Waals surface area contributed by atoms with Crippen LogP contribution in [0.3, 0.4) is 0 Å². The molecule has 1 saturated heterocycles. The average Bonchev–Trinajstić information content (AvgIpc) is 3.33. The van der Waals surface area contributed by atoms with Crippen molar-refractivity contribution in [2.75, 3.05) is 19.6 Å². The molecule has 2 atom stereocenters. The number of primary amides is 1. The van der Waals surface area contributed by atoms with Crippen molar-refractivity contribution in [3.05, 3.63) is 35.4 Å². The van der Waals surface area contributed by atoms with E-state index < -0.39 is 0 Å². The molecule has 0 bridgehead atoms. The smallest absolute Gasteiger partial charge is 0.317 e. The van der Waals surface area contributed by atoms with E-state index >= 15 is 0 Å². The number of likely N-dealkylation sites (tertiary alicyclic amines) is 1. The summed E-state index contributed by atoms with van der Waals surface area (Å²) in [6.07, 6.45) is 6.24. The lowest BCUT2D eigenvalue weighted by Gasteiger charge is -2.31. The van der Waals surface area contributed by atoms with Crippen molar-refractivity contribution in [1.29, 1.82) is 0 Å². The van der Waals surface area contributed by atoms with Gasteiger partial charge in [0.05, 0.1) is 0 Å². The van der Waals surface area contributed by atoms with Crippen molar-refractivity contribution in [3.8, 4) is 0 Å². The molecule has 1 spiro atoms. The lowest BCUT2D eigenvalue weighted by atomic mass is 9.78. The van der Waals surface area contributed by atoms with Crippen LogP contribution in [0, 0.1) is 11.8 Å². The number of nitrogens with two attached hydrogens (primary N) is 1. The van der Waals surface area contributed by atoms with Gasteiger partial charge >= 0.3 is 6.03 Å². The lowest BCUT2D eigenvalue weighted by molar-refractivity contribution is -0.123. The Labute approximate surface area is 148 Å². The third-order valence-electron chi connectivity index (χ3n) is 6.54. The Morgan fingerprint density at radius 1 is 1.24 bits per heavy atom. The quantitative estimate of drug-likeness (QED) is 0.884. The first-order valence-electron chi connectivity index (χ1n) is 9.50. The van der Waals surface area contributed by atoms with Gasteiger partial charge in [0.15, 0.2) is 0 Å². The number of urea groups is 1. The maximum absolute atomic E-state index is 12.4. The van der Waals surface area contributed by atoms with Gasteiger partial charge in [-0.3, -0.25) is 4.79 Å². The minimum atomic E-state index is -0.240. The molecular weight excluding hydrogens is 314 g/mol. The second kappa shape index (κ2) is 6.36. The van der Waals surface area contributed by atoms with Gasteiger partial charge in [-0.25, -0.2) is 4.79 Å². The average molecular weight is 341 g/mol. The van der Waals surface area contributed by atoms with Crippen LogP contribution in [-0.2, 0) is 16.6 Å². The largest absolute Gasteiger partial charge is 0.369 e. The maximum Gasteiger partial charge on any atom is 0.317 e. The second-order valence-corrected chi connectivity index (χ2v) is 7.92. The first-order chi connectivity index (χ1) is 12.1. The highest BCUT2D eigenvalue weighted by atomic mass is 16.2. The van der Waals surface area contributed by atoms with E-state index in [1.54, 1.807) is 0 Å². The molecule has 5 nitrogen and oxygen atoms in total.